The molecule has 0 aliphatic rings. The highest BCUT2D eigenvalue weighted by atomic mass is 16.5. The average Bonchev–Trinajstić information content (AvgIpc) is 2.12. The van der Waals surface area contributed by atoms with Gasteiger partial charge in [-0.1, -0.05) is 34.1 Å². The monoisotopic (exact) mass is 216 g/mol. The third kappa shape index (κ3) is 3.49. The minimum absolute atomic E-state index is 0.0915. The third-order valence-corrected chi connectivity index (χ3v) is 3.18. The molecule has 3 nitrogen and oxygen atoms in total. The fourth-order valence-electron chi connectivity index (χ4n) is 1.58. The first-order valence-electron chi connectivity index (χ1n) is 5.57. The van der Waals surface area contributed by atoms with Crippen molar-refractivity contribution in [1.29, 1.82) is 0 Å². The maximum absolute atomic E-state index is 11.9. The van der Waals surface area contributed by atoms with Crippen LogP contribution in [0.4, 0.5) is 0 Å². The molecule has 1 atom stereocenters. The molecule has 15 heavy (non-hydrogen) atoms. The minimum atomic E-state index is -0.475. The predicted molar refractivity (Wildman–Crippen MR) is 60.5 cm³/mol. The van der Waals surface area contributed by atoms with Gasteiger partial charge in [0.25, 0.3) is 0 Å². The van der Waals surface area contributed by atoms with Crippen LogP contribution in [0.5, 0.6) is 0 Å². The van der Waals surface area contributed by atoms with E-state index in [2.05, 4.69) is 6.92 Å². The highest BCUT2D eigenvalue weighted by Gasteiger charge is 2.44. The van der Waals surface area contributed by atoms with E-state index in [1.165, 1.54) is 0 Å². The van der Waals surface area contributed by atoms with Crippen molar-refractivity contribution < 1.29 is 14.6 Å². The van der Waals surface area contributed by atoms with Gasteiger partial charge in [-0.05, 0) is 18.8 Å². The average molecular weight is 216 g/mol. The van der Waals surface area contributed by atoms with Crippen molar-refractivity contribution in [2.45, 2.75) is 47.5 Å². The quantitative estimate of drug-likeness (QED) is 0.718. The van der Waals surface area contributed by atoms with Gasteiger partial charge in [-0.2, -0.15) is 0 Å². The Bertz CT molecular complexity index is 205. The largest absolute Gasteiger partial charge is 0.463 e. The summed E-state index contributed by atoms with van der Waals surface area (Å²) in [7, 11) is 0. The Kier molecular flexibility index (Phi) is 5.29. The molecule has 0 bridgehead atoms. The Hall–Kier alpha value is -0.570. The molecule has 0 heterocycles. The molecule has 0 amide bonds. The van der Waals surface area contributed by atoms with Gasteiger partial charge < -0.3 is 9.84 Å². The van der Waals surface area contributed by atoms with Gasteiger partial charge in [0.2, 0.25) is 0 Å². The van der Waals surface area contributed by atoms with Crippen LogP contribution in [0.2, 0.25) is 0 Å². The number of carbonyl (C=O) groups excluding carboxylic acids is 1. The number of aliphatic hydroxyl groups is 1. The summed E-state index contributed by atoms with van der Waals surface area (Å²) in [5.41, 5.74) is -0.605. The standard InChI is InChI=1S/C12H24O3/c1-6-7-12(5,11(2,3)4)10(14)15-9-8-13/h13H,6-9H2,1-5H3. The molecule has 0 rings (SSSR count). The highest BCUT2D eigenvalue weighted by molar-refractivity contribution is 5.77. The Morgan fingerprint density at radius 3 is 2.13 bits per heavy atom. The zero-order valence-corrected chi connectivity index (χ0v) is 10.6. The fraction of sp³-hybridized carbons (Fsp3) is 0.917. The van der Waals surface area contributed by atoms with Crippen molar-refractivity contribution in [3.8, 4) is 0 Å². The predicted octanol–water partition coefficient (Wildman–Crippen LogP) is 2.37. The molecule has 0 fully saturated rings. The molecular formula is C12H24O3. The van der Waals surface area contributed by atoms with Crippen molar-refractivity contribution in [3.05, 3.63) is 0 Å². The molecule has 1 unspecified atom stereocenters. The van der Waals surface area contributed by atoms with Crippen molar-refractivity contribution in [3.63, 3.8) is 0 Å². The van der Waals surface area contributed by atoms with E-state index >= 15 is 0 Å². The number of ether oxygens (including phenoxy) is 1. The van der Waals surface area contributed by atoms with Crippen LogP contribution in [0.25, 0.3) is 0 Å². The van der Waals surface area contributed by atoms with Gasteiger partial charge in [0, 0.05) is 0 Å². The molecule has 0 spiro atoms. The molecule has 1 N–H and O–H groups in total. The van der Waals surface area contributed by atoms with E-state index in [9.17, 15) is 4.79 Å². The molecule has 0 saturated heterocycles. The molecule has 0 aromatic rings. The zero-order chi connectivity index (χ0) is 12.1. The smallest absolute Gasteiger partial charge is 0.312 e. The summed E-state index contributed by atoms with van der Waals surface area (Å²) in [6.45, 7) is 10.1. The first-order chi connectivity index (χ1) is 6.79. The van der Waals surface area contributed by atoms with E-state index in [-0.39, 0.29) is 24.6 Å². The van der Waals surface area contributed by atoms with E-state index < -0.39 is 5.41 Å². The molecule has 0 aromatic carbocycles. The van der Waals surface area contributed by atoms with E-state index in [1.807, 2.05) is 27.7 Å². The number of aliphatic hydroxyl groups excluding tert-OH is 1. The lowest BCUT2D eigenvalue weighted by atomic mass is 9.65. The second-order valence-electron chi connectivity index (χ2n) is 5.19. The SMILES string of the molecule is CCCC(C)(C(=O)OCCO)C(C)(C)C. The second kappa shape index (κ2) is 5.50. The van der Waals surface area contributed by atoms with E-state index in [0.29, 0.717) is 0 Å². The number of esters is 1. The summed E-state index contributed by atoms with van der Waals surface area (Å²) in [6, 6.07) is 0. The van der Waals surface area contributed by atoms with Crippen LogP contribution < -0.4 is 0 Å². The lowest BCUT2D eigenvalue weighted by molar-refractivity contribution is -0.163. The summed E-state index contributed by atoms with van der Waals surface area (Å²) in [4.78, 5) is 11.9. The van der Waals surface area contributed by atoms with Gasteiger partial charge in [-0.3, -0.25) is 4.79 Å². The summed E-state index contributed by atoms with van der Waals surface area (Å²) < 4.78 is 5.05. The topological polar surface area (TPSA) is 46.5 Å². The van der Waals surface area contributed by atoms with Crippen LogP contribution in [0, 0.1) is 10.8 Å². The lowest BCUT2D eigenvalue weighted by Crippen LogP contribution is -2.41. The summed E-state index contributed by atoms with van der Waals surface area (Å²) >= 11 is 0. The summed E-state index contributed by atoms with van der Waals surface area (Å²) in [5.74, 6) is -0.203. The Labute approximate surface area is 92.8 Å². The van der Waals surface area contributed by atoms with Crippen molar-refractivity contribution in [2.75, 3.05) is 13.2 Å². The van der Waals surface area contributed by atoms with Crippen LogP contribution in [-0.4, -0.2) is 24.3 Å². The van der Waals surface area contributed by atoms with E-state index in [1.54, 1.807) is 0 Å². The number of hydrogen-bond acceptors (Lipinski definition) is 3. The number of rotatable bonds is 5. The second-order valence-corrected chi connectivity index (χ2v) is 5.19. The Morgan fingerprint density at radius 1 is 1.27 bits per heavy atom. The van der Waals surface area contributed by atoms with E-state index in [0.717, 1.165) is 12.8 Å². The van der Waals surface area contributed by atoms with Gasteiger partial charge in [0.15, 0.2) is 0 Å². The van der Waals surface area contributed by atoms with Crippen LogP contribution in [0.15, 0.2) is 0 Å². The zero-order valence-electron chi connectivity index (χ0n) is 10.6. The molecule has 0 radical (unpaired) electrons. The molecule has 3 heteroatoms. The van der Waals surface area contributed by atoms with Crippen LogP contribution in [-0.2, 0) is 9.53 Å². The molecule has 90 valence electrons. The van der Waals surface area contributed by atoms with Crippen LogP contribution >= 0.6 is 0 Å². The highest BCUT2D eigenvalue weighted by Crippen LogP contribution is 2.43. The van der Waals surface area contributed by atoms with Crippen molar-refractivity contribution in [2.24, 2.45) is 10.8 Å². The molecular weight excluding hydrogens is 192 g/mol. The van der Waals surface area contributed by atoms with E-state index in [4.69, 9.17) is 9.84 Å². The third-order valence-electron chi connectivity index (χ3n) is 3.18. The molecule has 0 aliphatic heterocycles. The Morgan fingerprint density at radius 2 is 1.80 bits per heavy atom. The molecule has 0 aromatic heterocycles. The number of hydrogen-bond donors (Lipinski definition) is 1. The Balaban J connectivity index is 4.71. The normalized spacial score (nSPS) is 15.9. The minimum Gasteiger partial charge on any atom is -0.463 e. The van der Waals surface area contributed by atoms with Gasteiger partial charge >= 0.3 is 5.97 Å². The van der Waals surface area contributed by atoms with Gasteiger partial charge in [0.1, 0.15) is 6.61 Å². The maximum Gasteiger partial charge on any atom is 0.312 e. The van der Waals surface area contributed by atoms with Crippen molar-refractivity contribution in [1.82, 2.24) is 0 Å². The first kappa shape index (κ1) is 14.4. The summed E-state index contributed by atoms with van der Waals surface area (Å²) in [5, 5.41) is 8.64. The number of carbonyl (C=O) groups is 1. The maximum atomic E-state index is 11.9. The molecule has 0 saturated carbocycles. The van der Waals surface area contributed by atoms with Gasteiger partial charge in [-0.15, -0.1) is 0 Å². The van der Waals surface area contributed by atoms with Crippen molar-refractivity contribution >= 4 is 5.97 Å². The van der Waals surface area contributed by atoms with Crippen LogP contribution in [0.1, 0.15) is 47.5 Å². The fourth-order valence-corrected chi connectivity index (χ4v) is 1.58. The molecule has 0 aliphatic carbocycles. The van der Waals surface area contributed by atoms with Crippen LogP contribution in [0.3, 0.4) is 0 Å². The van der Waals surface area contributed by atoms with Gasteiger partial charge in [0.05, 0.1) is 12.0 Å². The lowest BCUT2D eigenvalue weighted by Gasteiger charge is -2.39. The van der Waals surface area contributed by atoms with Gasteiger partial charge in [-0.25, -0.2) is 0 Å². The first-order valence-corrected chi connectivity index (χ1v) is 5.57. The summed E-state index contributed by atoms with van der Waals surface area (Å²) in [6.07, 6.45) is 1.75.